The second-order valence-electron chi connectivity index (χ2n) is 6.71. The third-order valence-electron chi connectivity index (χ3n) is 4.36. The number of unbranched alkanes of at least 4 members (excludes halogenated alkanes) is 2. The van der Waals surface area contributed by atoms with Gasteiger partial charge in [-0.1, -0.05) is 26.7 Å². The first kappa shape index (κ1) is 24.5. The number of aromatic nitrogens is 2. The Kier molecular flexibility index (Phi) is 11.9. The lowest BCUT2D eigenvalue weighted by molar-refractivity contribution is -0.124. The molecule has 1 aromatic heterocycles. The molecule has 1 heterocycles. The number of aromatic amines is 1. The number of rotatable bonds is 15. The third kappa shape index (κ3) is 7.83. The fourth-order valence-electron chi connectivity index (χ4n) is 2.74. The van der Waals surface area contributed by atoms with Gasteiger partial charge in [0, 0.05) is 38.5 Å². The molecule has 1 aromatic rings. The van der Waals surface area contributed by atoms with Crippen LogP contribution >= 0.6 is 0 Å². The molecule has 4 atom stereocenters. The summed E-state index contributed by atoms with van der Waals surface area (Å²) in [5.74, 6) is -0.471. The van der Waals surface area contributed by atoms with Gasteiger partial charge >= 0.3 is 5.69 Å². The van der Waals surface area contributed by atoms with Crippen LogP contribution in [0.25, 0.3) is 0 Å². The fourth-order valence-corrected chi connectivity index (χ4v) is 2.74. The molecular weight excluding hydrogens is 371 g/mol. The number of nitrogens with zero attached hydrogens (tertiary/aromatic N) is 1. The van der Waals surface area contributed by atoms with E-state index in [-0.39, 0.29) is 13.2 Å². The number of aliphatic hydroxyl groups is 1. The molecule has 28 heavy (non-hydrogen) atoms. The van der Waals surface area contributed by atoms with Gasteiger partial charge in [-0.3, -0.25) is 14.3 Å². The number of hydrogen-bond acceptors (Lipinski definition) is 6. The Morgan fingerprint density at radius 2 is 1.86 bits per heavy atom. The van der Waals surface area contributed by atoms with Crippen molar-refractivity contribution in [2.75, 3.05) is 33.5 Å². The zero-order valence-electron chi connectivity index (χ0n) is 16.9. The van der Waals surface area contributed by atoms with Crippen molar-refractivity contribution in [2.45, 2.75) is 58.0 Å². The summed E-state index contributed by atoms with van der Waals surface area (Å²) in [6.45, 7) is 5.26. The van der Waals surface area contributed by atoms with E-state index in [0.717, 1.165) is 42.5 Å². The largest absolute Gasteiger partial charge is 0.384 e. The van der Waals surface area contributed by atoms with Crippen molar-refractivity contribution in [1.82, 2.24) is 9.55 Å². The summed E-state index contributed by atoms with van der Waals surface area (Å²) < 4.78 is 32.6. The molecular formula is C19H33FN2O6. The van der Waals surface area contributed by atoms with Crippen LogP contribution in [0.1, 0.15) is 45.8 Å². The first-order valence-electron chi connectivity index (χ1n) is 9.78. The van der Waals surface area contributed by atoms with Crippen molar-refractivity contribution in [1.29, 1.82) is 0 Å². The molecule has 0 aromatic carbocycles. The molecule has 1 rings (SSSR count). The molecule has 0 aliphatic heterocycles. The quantitative estimate of drug-likeness (QED) is 0.431. The lowest BCUT2D eigenvalue weighted by atomic mass is 9.98. The molecule has 8 nitrogen and oxygen atoms in total. The summed E-state index contributed by atoms with van der Waals surface area (Å²) in [5, 5.41) is 10.4. The van der Waals surface area contributed by atoms with Crippen LogP contribution in [0.4, 0.5) is 4.39 Å². The normalized spacial score (nSPS) is 15.9. The Morgan fingerprint density at radius 1 is 1.18 bits per heavy atom. The molecule has 2 N–H and O–H groups in total. The first-order chi connectivity index (χ1) is 13.5. The first-order valence-corrected chi connectivity index (χ1v) is 9.78. The average molecular weight is 404 g/mol. The van der Waals surface area contributed by atoms with E-state index in [1.807, 2.05) is 18.8 Å². The van der Waals surface area contributed by atoms with Crippen LogP contribution < -0.4 is 11.2 Å². The monoisotopic (exact) mass is 404 g/mol. The summed E-state index contributed by atoms with van der Waals surface area (Å²) in [6.07, 6.45) is -0.254. The van der Waals surface area contributed by atoms with Gasteiger partial charge in [0.1, 0.15) is 6.10 Å². The van der Waals surface area contributed by atoms with Gasteiger partial charge in [0.2, 0.25) is 0 Å². The maximum Gasteiger partial charge on any atom is 0.330 e. The van der Waals surface area contributed by atoms with Crippen LogP contribution in [0.5, 0.6) is 0 Å². The van der Waals surface area contributed by atoms with Gasteiger partial charge in [-0.25, -0.2) is 9.18 Å². The zero-order chi connectivity index (χ0) is 20.9. The molecule has 0 fully saturated rings. The third-order valence-corrected chi connectivity index (χ3v) is 4.36. The molecule has 0 saturated heterocycles. The van der Waals surface area contributed by atoms with Gasteiger partial charge in [-0.15, -0.1) is 0 Å². The van der Waals surface area contributed by atoms with E-state index in [1.165, 1.54) is 7.11 Å². The second-order valence-corrected chi connectivity index (χ2v) is 6.71. The molecule has 9 heteroatoms. The zero-order valence-corrected chi connectivity index (χ0v) is 16.9. The Labute approximate surface area is 164 Å². The fraction of sp³-hybridized carbons (Fsp3) is 0.789. The number of halogens is 1. The summed E-state index contributed by atoms with van der Waals surface area (Å²) in [7, 11) is 1.50. The molecule has 0 aliphatic rings. The number of hydrogen-bond donors (Lipinski definition) is 2. The topological polar surface area (TPSA) is 103 Å². The summed E-state index contributed by atoms with van der Waals surface area (Å²) in [5.41, 5.74) is -1.52. The van der Waals surface area contributed by atoms with Crippen LogP contribution in [-0.4, -0.2) is 60.5 Å². The van der Waals surface area contributed by atoms with Crippen LogP contribution in [0.15, 0.2) is 21.9 Å². The van der Waals surface area contributed by atoms with Gasteiger partial charge in [0.15, 0.2) is 12.4 Å². The Morgan fingerprint density at radius 3 is 2.46 bits per heavy atom. The number of nitrogens with one attached hydrogen (secondary N) is 1. The van der Waals surface area contributed by atoms with Crippen molar-refractivity contribution in [3.05, 3.63) is 33.1 Å². The number of ether oxygens (including phenoxy) is 3. The summed E-state index contributed by atoms with van der Waals surface area (Å²) >= 11 is 0. The minimum absolute atomic E-state index is 0.177. The second kappa shape index (κ2) is 13.6. The number of alkyl halides is 1. The maximum atomic E-state index is 15.3. The summed E-state index contributed by atoms with van der Waals surface area (Å²) in [6, 6.07) is 1.05. The highest BCUT2D eigenvalue weighted by Gasteiger charge is 2.37. The lowest BCUT2D eigenvalue weighted by Gasteiger charge is -2.32. The number of H-pyrrole nitrogens is 1. The van der Waals surface area contributed by atoms with Crippen molar-refractivity contribution >= 4 is 0 Å². The van der Waals surface area contributed by atoms with Crippen molar-refractivity contribution < 1.29 is 23.7 Å². The SMILES string of the molecule is CCCCOC[C@H](COC)[C@@H](OCCCC)[C@@H](F)[C@@H](O)n1ccc(=O)[nH]c1=O. The Bertz CT molecular complexity index is 650. The van der Waals surface area contributed by atoms with Gasteiger partial charge in [0.05, 0.1) is 13.2 Å². The molecule has 0 amide bonds. The van der Waals surface area contributed by atoms with Gasteiger partial charge in [0.25, 0.3) is 5.56 Å². The van der Waals surface area contributed by atoms with Crippen LogP contribution in [0.2, 0.25) is 0 Å². The highest BCUT2D eigenvalue weighted by molar-refractivity contribution is 4.88. The highest BCUT2D eigenvalue weighted by atomic mass is 19.1. The van der Waals surface area contributed by atoms with Crippen molar-refractivity contribution in [3.8, 4) is 0 Å². The van der Waals surface area contributed by atoms with Crippen LogP contribution in [0.3, 0.4) is 0 Å². The van der Waals surface area contributed by atoms with Gasteiger partial charge in [-0.05, 0) is 12.8 Å². The number of methoxy groups -OCH3 is 1. The molecule has 0 bridgehead atoms. The van der Waals surface area contributed by atoms with Crippen LogP contribution in [-0.2, 0) is 14.2 Å². The van der Waals surface area contributed by atoms with E-state index in [4.69, 9.17) is 14.2 Å². The predicted octanol–water partition coefficient (Wildman–Crippen LogP) is 1.63. The average Bonchev–Trinajstić information content (AvgIpc) is 2.67. The molecule has 0 spiro atoms. The number of aliphatic hydroxyl groups excluding tert-OH is 1. The Balaban J connectivity index is 2.99. The van der Waals surface area contributed by atoms with E-state index >= 15 is 4.39 Å². The van der Waals surface area contributed by atoms with Crippen molar-refractivity contribution in [2.24, 2.45) is 5.92 Å². The van der Waals surface area contributed by atoms with E-state index in [9.17, 15) is 14.7 Å². The highest BCUT2D eigenvalue weighted by Crippen LogP contribution is 2.24. The molecule has 0 radical (unpaired) electrons. The Hall–Kier alpha value is -1.55. The van der Waals surface area contributed by atoms with E-state index in [2.05, 4.69) is 0 Å². The minimum Gasteiger partial charge on any atom is -0.384 e. The summed E-state index contributed by atoms with van der Waals surface area (Å²) in [4.78, 5) is 25.1. The molecule has 0 saturated carbocycles. The van der Waals surface area contributed by atoms with Crippen LogP contribution in [0, 0.1) is 5.92 Å². The van der Waals surface area contributed by atoms with Gasteiger partial charge < -0.3 is 19.3 Å². The van der Waals surface area contributed by atoms with E-state index in [0.29, 0.717) is 13.2 Å². The van der Waals surface area contributed by atoms with E-state index in [1.54, 1.807) is 0 Å². The molecule has 0 aliphatic carbocycles. The van der Waals surface area contributed by atoms with Crippen molar-refractivity contribution in [3.63, 3.8) is 0 Å². The minimum atomic E-state index is -1.92. The van der Waals surface area contributed by atoms with Gasteiger partial charge in [-0.2, -0.15) is 0 Å². The maximum absolute atomic E-state index is 15.3. The standard InChI is InChI=1S/C19H33FN2O6/c1-4-6-10-27-13-14(12-26-3)17(28-11-7-5-2)16(20)18(24)22-9-8-15(23)21-19(22)25/h8-9,14,16-18,24H,4-7,10-13H2,1-3H3,(H,21,23,25)/t14-,16+,17+,18+/m0/s1. The predicted molar refractivity (Wildman–Crippen MR) is 103 cm³/mol. The lowest BCUT2D eigenvalue weighted by Crippen LogP contribution is -2.45. The smallest absolute Gasteiger partial charge is 0.330 e. The molecule has 0 unspecified atom stereocenters. The molecule has 162 valence electrons. The van der Waals surface area contributed by atoms with E-state index < -0.39 is 35.7 Å².